The lowest BCUT2D eigenvalue weighted by Crippen LogP contribution is -1.99. The maximum Gasteiger partial charge on any atom is 0.157 e. The predicted molar refractivity (Wildman–Crippen MR) is 54.4 cm³/mol. The minimum atomic E-state index is -2.66. The fourth-order valence-electron chi connectivity index (χ4n) is 1.01. The molecule has 2 heterocycles. The molecule has 70 valence electrons. The van der Waals surface area contributed by atoms with Crippen LogP contribution in [0.4, 0.5) is 0 Å². The lowest BCUT2D eigenvalue weighted by molar-refractivity contribution is 0.603. The molecule has 2 nitrogen and oxygen atoms in total. The van der Waals surface area contributed by atoms with Crippen LogP contribution >= 0.6 is 11.8 Å². The molecular weight excluding hydrogens is 192 g/mol. The van der Waals surface area contributed by atoms with E-state index in [0.717, 1.165) is 0 Å². The van der Waals surface area contributed by atoms with Crippen LogP contribution in [-0.4, -0.2) is 31.4 Å². The number of sulfone groups is 1. The molecule has 0 amide bonds. The lowest BCUT2D eigenvalue weighted by atomic mass is 10.4. The molecule has 2 aliphatic rings. The molecule has 0 aliphatic carbocycles. The standard InChI is InChI=1S/C4H6O2S.C4H8S/c5-7(6)3-1-2-4-7;1-2-4-5-3-1/h1-2H,3-4H2;1-4H2. The minimum Gasteiger partial charge on any atom is -0.228 e. The van der Waals surface area contributed by atoms with Crippen molar-refractivity contribution in [3.8, 4) is 0 Å². The highest BCUT2D eigenvalue weighted by Gasteiger charge is 2.09. The smallest absolute Gasteiger partial charge is 0.157 e. The molecule has 1 fully saturated rings. The first kappa shape index (κ1) is 10.1. The van der Waals surface area contributed by atoms with Crippen LogP contribution in [0.3, 0.4) is 0 Å². The third-order valence-corrected chi connectivity index (χ3v) is 4.25. The Morgan fingerprint density at radius 1 is 1.00 bits per heavy atom. The van der Waals surface area contributed by atoms with Gasteiger partial charge in [0, 0.05) is 0 Å². The first-order chi connectivity index (χ1) is 5.71. The van der Waals surface area contributed by atoms with E-state index in [1.807, 2.05) is 0 Å². The highest BCUT2D eigenvalue weighted by atomic mass is 32.2. The molecule has 0 saturated carbocycles. The Morgan fingerprint density at radius 2 is 1.50 bits per heavy atom. The largest absolute Gasteiger partial charge is 0.228 e. The van der Waals surface area contributed by atoms with Gasteiger partial charge in [-0.05, 0) is 24.3 Å². The molecule has 0 aromatic heterocycles. The summed E-state index contributed by atoms with van der Waals surface area (Å²) in [4.78, 5) is 0. The lowest BCUT2D eigenvalue weighted by Gasteiger charge is -1.82. The van der Waals surface area contributed by atoms with Crippen molar-refractivity contribution < 1.29 is 8.42 Å². The van der Waals surface area contributed by atoms with Gasteiger partial charge in [0.15, 0.2) is 9.84 Å². The van der Waals surface area contributed by atoms with E-state index in [2.05, 4.69) is 11.8 Å². The van der Waals surface area contributed by atoms with Crippen LogP contribution in [0.1, 0.15) is 12.8 Å². The van der Waals surface area contributed by atoms with Gasteiger partial charge in [0.2, 0.25) is 0 Å². The SMILES string of the molecule is C1CCSC1.O=S1(=O)CC=CC1. The Balaban J connectivity index is 0.000000127. The van der Waals surface area contributed by atoms with Crippen LogP contribution in [0.15, 0.2) is 12.2 Å². The van der Waals surface area contributed by atoms with Gasteiger partial charge in [0.1, 0.15) is 0 Å². The molecule has 0 unspecified atom stereocenters. The van der Waals surface area contributed by atoms with Gasteiger partial charge < -0.3 is 0 Å². The Kier molecular flexibility index (Phi) is 4.15. The molecule has 0 aromatic carbocycles. The summed E-state index contributed by atoms with van der Waals surface area (Å²) in [5.41, 5.74) is 0. The van der Waals surface area contributed by atoms with Gasteiger partial charge in [-0.2, -0.15) is 11.8 Å². The Morgan fingerprint density at radius 3 is 1.67 bits per heavy atom. The second-order valence-corrected chi connectivity index (χ2v) is 6.25. The molecule has 0 N–H and O–H groups in total. The predicted octanol–water partition coefficient (Wildman–Crippen LogP) is 1.48. The summed E-state index contributed by atoms with van der Waals surface area (Å²) in [7, 11) is -2.66. The van der Waals surface area contributed by atoms with Gasteiger partial charge in [0.05, 0.1) is 11.5 Å². The quantitative estimate of drug-likeness (QED) is 0.563. The van der Waals surface area contributed by atoms with E-state index in [9.17, 15) is 8.42 Å². The van der Waals surface area contributed by atoms with Crippen molar-refractivity contribution in [3.63, 3.8) is 0 Å². The highest BCUT2D eigenvalue weighted by Crippen LogP contribution is 2.14. The zero-order valence-corrected chi connectivity index (χ0v) is 8.66. The Labute approximate surface area is 78.3 Å². The highest BCUT2D eigenvalue weighted by molar-refractivity contribution is 7.99. The van der Waals surface area contributed by atoms with Crippen molar-refractivity contribution >= 4 is 21.6 Å². The summed E-state index contributed by atoms with van der Waals surface area (Å²) in [6.45, 7) is 0. The van der Waals surface area contributed by atoms with E-state index in [-0.39, 0.29) is 11.5 Å². The minimum absolute atomic E-state index is 0.243. The Hall–Kier alpha value is 0.0400. The zero-order valence-electron chi connectivity index (χ0n) is 7.03. The normalized spacial score (nSPS) is 25.0. The topological polar surface area (TPSA) is 34.1 Å². The molecule has 0 bridgehead atoms. The van der Waals surface area contributed by atoms with Gasteiger partial charge in [-0.15, -0.1) is 0 Å². The Bertz CT molecular complexity index is 216. The second-order valence-electron chi connectivity index (χ2n) is 2.87. The third-order valence-electron chi connectivity index (χ3n) is 1.69. The van der Waals surface area contributed by atoms with E-state index in [1.54, 1.807) is 12.2 Å². The van der Waals surface area contributed by atoms with Crippen molar-refractivity contribution in [1.29, 1.82) is 0 Å². The van der Waals surface area contributed by atoms with Crippen molar-refractivity contribution in [3.05, 3.63) is 12.2 Å². The van der Waals surface area contributed by atoms with Gasteiger partial charge in [0.25, 0.3) is 0 Å². The van der Waals surface area contributed by atoms with Crippen molar-refractivity contribution in [2.75, 3.05) is 23.0 Å². The van der Waals surface area contributed by atoms with Gasteiger partial charge in [-0.1, -0.05) is 12.2 Å². The van der Waals surface area contributed by atoms with Crippen LogP contribution in [0.25, 0.3) is 0 Å². The number of hydrogen-bond donors (Lipinski definition) is 0. The van der Waals surface area contributed by atoms with Crippen molar-refractivity contribution in [2.24, 2.45) is 0 Å². The molecule has 12 heavy (non-hydrogen) atoms. The van der Waals surface area contributed by atoms with Gasteiger partial charge in [-0.3, -0.25) is 0 Å². The molecular formula is C8H14O2S2. The summed E-state index contributed by atoms with van der Waals surface area (Å²) in [5, 5.41) is 0. The molecule has 0 atom stereocenters. The fourth-order valence-corrected chi connectivity index (χ4v) is 3.02. The zero-order chi connectivity index (χ0) is 8.86. The van der Waals surface area contributed by atoms with Crippen LogP contribution in [-0.2, 0) is 9.84 Å². The van der Waals surface area contributed by atoms with E-state index < -0.39 is 9.84 Å². The molecule has 0 aromatic rings. The summed E-state index contributed by atoms with van der Waals surface area (Å²) in [6.07, 6.45) is 6.28. The first-order valence-electron chi connectivity index (χ1n) is 4.14. The van der Waals surface area contributed by atoms with E-state index in [1.165, 1.54) is 24.3 Å². The number of thioether (sulfide) groups is 1. The number of hydrogen-bond acceptors (Lipinski definition) is 3. The molecule has 1 saturated heterocycles. The molecule has 4 heteroatoms. The molecule has 2 rings (SSSR count). The van der Waals surface area contributed by atoms with Gasteiger partial charge >= 0.3 is 0 Å². The van der Waals surface area contributed by atoms with Crippen molar-refractivity contribution in [2.45, 2.75) is 12.8 Å². The average molecular weight is 206 g/mol. The first-order valence-corrected chi connectivity index (χ1v) is 7.11. The second kappa shape index (κ2) is 4.92. The molecule has 0 radical (unpaired) electrons. The van der Waals surface area contributed by atoms with E-state index in [4.69, 9.17) is 0 Å². The van der Waals surface area contributed by atoms with E-state index >= 15 is 0 Å². The van der Waals surface area contributed by atoms with Crippen molar-refractivity contribution in [1.82, 2.24) is 0 Å². The molecule has 2 aliphatic heterocycles. The number of rotatable bonds is 0. The van der Waals surface area contributed by atoms with Crippen LogP contribution in [0.5, 0.6) is 0 Å². The van der Waals surface area contributed by atoms with Crippen LogP contribution in [0, 0.1) is 0 Å². The van der Waals surface area contributed by atoms with Gasteiger partial charge in [-0.25, -0.2) is 8.42 Å². The maximum atomic E-state index is 10.4. The maximum absolute atomic E-state index is 10.4. The summed E-state index contributed by atoms with van der Waals surface area (Å²) in [6, 6.07) is 0. The monoisotopic (exact) mass is 206 g/mol. The van der Waals surface area contributed by atoms with Crippen LogP contribution < -0.4 is 0 Å². The average Bonchev–Trinajstić information content (AvgIpc) is 2.60. The summed E-state index contributed by atoms with van der Waals surface area (Å²) >= 11 is 2.07. The van der Waals surface area contributed by atoms with E-state index in [0.29, 0.717) is 0 Å². The summed E-state index contributed by atoms with van der Waals surface area (Å²) in [5.74, 6) is 3.32. The summed E-state index contributed by atoms with van der Waals surface area (Å²) < 4.78 is 20.7. The third kappa shape index (κ3) is 4.16. The van der Waals surface area contributed by atoms with Crippen LogP contribution in [0.2, 0.25) is 0 Å². The fraction of sp³-hybridized carbons (Fsp3) is 0.750. The molecule has 0 spiro atoms.